The zero-order valence-electron chi connectivity index (χ0n) is 10.3. The number of hydrogen-bond acceptors (Lipinski definition) is 6. The first kappa shape index (κ1) is 12.8. The van der Waals surface area contributed by atoms with Crippen LogP contribution in [0.3, 0.4) is 0 Å². The van der Waals surface area contributed by atoms with Crippen LogP contribution in [0.4, 0.5) is 0 Å². The van der Waals surface area contributed by atoms with Crippen molar-refractivity contribution in [3.63, 3.8) is 0 Å². The average molecular weight is 252 g/mol. The van der Waals surface area contributed by atoms with Crippen molar-refractivity contribution in [2.45, 2.75) is 38.4 Å². The van der Waals surface area contributed by atoms with Crippen molar-refractivity contribution in [3.8, 4) is 0 Å². The summed E-state index contributed by atoms with van der Waals surface area (Å²) in [5, 5.41) is 3.75. The fourth-order valence-electron chi connectivity index (χ4n) is 1.36. The Balaban J connectivity index is 1.75. The molecule has 1 aliphatic rings. The summed E-state index contributed by atoms with van der Waals surface area (Å²) < 4.78 is 15.2. The molecule has 1 heterocycles. The monoisotopic (exact) mass is 252 g/mol. The topological polar surface area (TPSA) is 74.5 Å². The van der Waals surface area contributed by atoms with Crippen LogP contribution in [0, 0.1) is 0 Å². The number of hydrogen-bond donors (Lipinski definition) is 0. The Kier molecular flexibility index (Phi) is 4.09. The van der Waals surface area contributed by atoms with Gasteiger partial charge in [-0.25, -0.2) is 4.79 Å². The van der Waals surface area contributed by atoms with Crippen LogP contribution >= 0.6 is 0 Å². The predicted octanol–water partition coefficient (Wildman–Crippen LogP) is 1.58. The summed E-state index contributed by atoms with van der Waals surface area (Å²) in [6.45, 7) is 5.44. The van der Waals surface area contributed by atoms with E-state index in [-0.39, 0.29) is 6.61 Å². The largest absolute Gasteiger partial charge is 0.455 e. The van der Waals surface area contributed by atoms with Gasteiger partial charge in [0.2, 0.25) is 11.7 Å². The summed E-state index contributed by atoms with van der Waals surface area (Å²) in [5.74, 6) is 0.976. The molecule has 1 fully saturated rings. The first-order valence-corrected chi connectivity index (χ1v) is 5.92. The van der Waals surface area contributed by atoms with Gasteiger partial charge in [-0.15, -0.1) is 6.58 Å². The van der Waals surface area contributed by atoms with Gasteiger partial charge in [-0.05, 0) is 19.8 Å². The van der Waals surface area contributed by atoms with Gasteiger partial charge in [0.15, 0.2) is 12.7 Å². The second kappa shape index (κ2) is 5.77. The van der Waals surface area contributed by atoms with Gasteiger partial charge in [0.05, 0.1) is 6.61 Å². The van der Waals surface area contributed by atoms with Crippen molar-refractivity contribution in [1.29, 1.82) is 0 Å². The van der Waals surface area contributed by atoms with Gasteiger partial charge in [-0.2, -0.15) is 4.98 Å². The standard InChI is InChI=1S/C12H16N2O4/c1-3-6-16-8(2)12(15)17-7-10-13-11(18-14-10)9-4-5-9/h3,8-9H,1,4-7H2,2H3. The van der Waals surface area contributed by atoms with E-state index in [4.69, 9.17) is 14.0 Å². The molecule has 0 radical (unpaired) electrons. The summed E-state index contributed by atoms with van der Waals surface area (Å²) >= 11 is 0. The van der Waals surface area contributed by atoms with E-state index in [2.05, 4.69) is 16.7 Å². The van der Waals surface area contributed by atoms with Gasteiger partial charge in [0.1, 0.15) is 0 Å². The predicted molar refractivity (Wildman–Crippen MR) is 61.7 cm³/mol. The molecule has 1 aromatic rings. The van der Waals surface area contributed by atoms with E-state index in [0.29, 0.717) is 24.2 Å². The Morgan fingerprint density at radius 3 is 3.11 bits per heavy atom. The van der Waals surface area contributed by atoms with Crippen LogP contribution in [-0.4, -0.2) is 28.8 Å². The minimum atomic E-state index is -0.627. The minimum absolute atomic E-state index is 0.0108. The highest BCUT2D eigenvalue weighted by Gasteiger charge is 2.29. The van der Waals surface area contributed by atoms with Crippen LogP contribution in [-0.2, 0) is 20.9 Å². The van der Waals surface area contributed by atoms with Gasteiger partial charge < -0.3 is 14.0 Å². The second-order valence-corrected chi connectivity index (χ2v) is 4.20. The van der Waals surface area contributed by atoms with E-state index in [1.54, 1.807) is 13.0 Å². The lowest BCUT2D eigenvalue weighted by atomic mass is 10.4. The molecule has 1 aliphatic carbocycles. The quantitative estimate of drug-likeness (QED) is 0.541. The highest BCUT2D eigenvalue weighted by atomic mass is 16.6. The van der Waals surface area contributed by atoms with Crippen molar-refractivity contribution < 1.29 is 18.8 Å². The third-order valence-corrected chi connectivity index (χ3v) is 2.55. The van der Waals surface area contributed by atoms with Gasteiger partial charge >= 0.3 is 5.97 Å². The van der Waals surface area contributed by atoms with E-state index >= 15 is 0 Å². The highest BCUT2D eigenvalue weighted by molar-refractivity contribution is 5.74. The molecule has 0 spiro atoms. The Morgan fingerprint density at radius 2 is 2.44 bits per heavy atom. The number of carbonyl (C=O) groups excluding carboxylic acids is 1. The molecule has 0 aliphatic heterocycles. The molecule has 18 heavy (non-hydrogen) atoms. The van der Waals surface area contributed by atoms with Gasteiger partial charge in [0, 0.05) is 5.92 Å². The highest BCUT2D eigenvalue weighted by Crippen LogP contribution is 2.38. The normalized spacial score (nSPS) is 16.3. The lowest BCUT2D eigenvalue weighted by molar-refractivity contribution is -0.156. The molecule has 1 aromatic heterocycles. The summed E-state index contributed by atoms with van der Waals surface area (Å²) in [7, 11) is 0. The van der Waals surface area contributed by atoms with Crippen molar-refractivity contribution in [1.82, 2.24) is 10.1 Å². The Morgan fingerprint density at radius 1 is 1.67 bits per heavy atom. The smallest absolute Gasteiger partial charge is 0.335 e. The molecule has 6 heteroatoms. The van der Waals surface area contributed by atoms with Gasteiger partial charge in [0.25, 0.3) is 0 Å². The summed E-state index contributed by atoms with van der Waals surface area (Å²) in [6, 6.07) is 0. The van der Waals surface area contributed by atoms with Crippen LogP contribution in [0.2, 0.25) is 0 Å². The average Bonchev–Trinajstić information content (AvgIpc) is 3.12. The molecule has 0 aromatic carbocycles. The van der Waals surface area contributed by atoms with Crippen molar-refractivity contribution in [2.75, 3.05) is 6.61 Å². The second-order valence-electron chi connectivity index (χ2n) is 4.20. The molecule has 0 bridgehead atoms. The zero-order chi connectivity index (χ0) is 13.0. The zero-order valence-corrected chi connectivity index (χ0v) is 10.3. The van der Waals surface area contributed by atoms with E-state index in [9.17, 15) is 4.79 Å². The van der Waals surface area contributed by atoms with Crippen molar-refractivity contribution in [2.24, 2.45) is 0 Å². The van der Waals surface area contributed by atoms with Crippen molar-refractivity contribution in [3.05, 3.63) is 24.4 Å². The number of aromatic nitrogens is 2. The molecule has 1 unspecified atom stereocenters. The Bertz CT molecular complexity index is 425. The fourth-order valence-corrected chi connectivity index (χ4v) is 1.36. The molecule has 0 amide bonds. The maximum Gasteiger partial charge on any atom is 0.335 e. The molecular formula is C12H16N2O4. The maximum absolute atomic E-state index is 11.5. The molecule has 2 rings (SSSR count). The molecule has 6 nitrogen and oxygen atoms in total. The van der Waals surface area contributed by atoms with Crippen LogP contribution in [0.15, 0.2) is 17.2 Å². The molecule has 98 valence electrons. The van der Waals surface area contributed by atoms with Crippen LogP contribution in [0.1, 0.15) is 37.4 Å². The third kappa shape index (κ3) is 3.40. The molecule has 1 atom stereocenters. The molecule has 0 saturated heterocycles. The Labute approximate surface area is 105 Å². The minimum Gasteiger partial charge on any atom is -0.455 e. The summed E-state index contributed by atoms with van der Waals surface area (Å²) in [6.07, 6.45) is 3.13. The lowest BCUT2D eigenvalue weighted by Crippen LogP contribution is -2.23. The number of rotatable bonds is 7. The number of carbonyl (C=O) groups is 1. The maximum atomic E-state index is 11.5. The first-order chi connectivity index (χ1) is 8.70. The van der Waals surface area contributed by atoms with E-state index in [1.165, 1.54) is 0 Å². The van der Waals surface area contributed by atoms with Crippen LogP contribution in [0.5, 0.6) is 0 Å². The van der Waals surface area contributed by atoms with Gasteiger partial charge in [-0.3, -0.25) is 0 Å². The number of esters is 1. The van der Waals surface area contributed by atoms with Crippen molar-refractivity contribution >= 4 is 5.97 Å². The van der Waals surface area contributed by atoms with E-state index < -0.39 is 12.1 Å². The molecule has 1 saturated carbocycles. The summed E-state index contributed by atoms with van der Waals surface area (Å²) in [4.78, 5) is 15.7. The van der Waals surface area contributed by atoms with Crippen LogP contribution in [0.25, 0.3) is 0 Å². The lowest BCUT2D eigenvalue weighted by Gasteiger charge is -2.09. The summed E-state index contributed by atoms with van der Waals surface area (Å²) in [5.41, 5.74) is 0. The number of ether oxygens (including phenoxy) is 2. The third-order valence-electron chi connectivity index (χ3n) is 2.55. The fraction of sp³-hybridized carbons (Fsp3) is 0.583. The van der Waals surface area contributed by atoms with Crippen LogP contribution < -0.4 is 0 Å². The number of nitrogens with zero attached hydrogens (tertiary/aromatic N) is 2. The molecule has 0 N–H and O–H groups in total. The SMILES string of the molecule is C=CCOC(C)C(=O)OCc1noc(C2CC2)n1. The van der Waals surface area contributed by atoms with E-state index in [1.807, 2.05) is 0 Å². The Hall–Kier alpha value is -1.69. The van der Waals surface area contributed by atoms with Gasteiger partial charge in [-0.1, -0.05) is 11.2 Å². The van der Waals surface area contributed by atoms with E-state index in [0.717, 1.165) is 12.8 Å². The molecular weight excluding hydrogens is 236 g/mol. The first-order valence-electron chi connectivity index (χ1n) is 5.92.